The molecular formula is C22H23BrClN5O3. The number of fused-ring (bicyclic) bond motifs is 1. The Morgan fingerprint density at radius 3 is 2.59 bits per heavy atom. The van der Waals surface area contributed by atoms with Crippen LogP contribution in [0.4, 0.5) is 5.69 Å². The molecule has 0 atom stereocenters. The van der Waals surface area contributed by atoms with Crippen LogP contribution in [0.2, 0.25) is 5.02 Å². The summed E-state index contributed by atoms with van der Waals surface area (Å²) >= 11 is 9.31. The lowest BCUT2D eigenvalue weighted by Crippen LogP contribution is -2.44. The summed E-state index contributed by atoms with van der Waals surface area (Å²) in [4.78, 5) is 16.8. The molecule has 1 aliphatic rings. The summed E-state index contributed by atoms with van der Waals surface area (Å²) in [6, 6.07) is 12.4. The van der Waals surface area contributed by atoms with E-state index in [9.17, 15) is 9.90 Å². The van der Waals surface area contributed by atoms with E-state index in [1.54, 1.807) is 28.8 Å². The SMILES string of the molecule is CN1CCN(Cn2c(O)c(N=NC(=O)COc3ccc(Cl)cc3)c3cc(Br)ccc32)CC1. The van der Waals surface area contributed by atoms with Gasteiger partial charge in [-0.25, -0.2) is 0 Å². The van der Waals surface area contributed by atoms with Crippen molar-refractivity contribution in [3.05, 3.63) is 52.0 Å². The van der Waals surface area contributed by atoms with E-state index in [4.69, 9.17) is 16.3 Å². The fourth-order valence-corrected chi connectivity index (χ4v) is 4.02. The summed E-state index contributed by atoms with van der Waals surface area (Å²) in [6.45, 7) is 4.02. The summed E-state index contributed by atoms with van der Waals surface area (Å²) in [5.74, 6) is -0.0741. The van der Waals surface area contributed by atoms with E-state index in [2.05, 4.69) is 43.0 Å². The Labute approximate surface area is 199 Å². The molecule has 4 rings (SSSR count). The lowest BCUT2D eigenvalue weighted by atomic mass is 10.2. The molecule has 1 N–H and O–H groups in total. The Hall–Kier alpha value is -2.46. The minimum Gasteiger partial charge on any atom is -0.493 e. The lowest BCUT2D eigenvalue weighted by molar-refractivity contribution is -0.120. The Bertz CT molecular complexity index is 1140. The Morgan fingerprint density at radius 2 is 1.88 bits per heavy atom. The van der Waals surface area contributed by atoms with Crippen LogP contribution in [0, 0.1) is 0 Å². The van der Waals surface area contributed by atoms with Gasteiger partial charge in [-0.05, 0) is 49.5 Å². The molecule has 1 aromatic heterocycles. The second kappa shape index (κ2) is 9.99. The van der Waals surface area contributed by atoms with Crippen LogP contribution in [0.15, 0.2) is 57.2 Å². The minimum atomic E-state index is -0.561. The summed E-state index contributed by atoms with van der Waals surface area (Å²) in [5, 5.41) is 20.1. The first kappa shape index (κ1) is 22.7. The van der Waals surface area contributed by atoms with Gasteiger partial charge in [-0.2, -0.15) is 0 Å². The van der Waals surface area contributed by atoms with Gasteiger partial charge >= 0.3 is 5.91 Å². The minimum absolute atomic E-state index is 0.0211. The second-order valence-electron chi connectivity index (χ2n) is 7.66. The van der Waals surface area contributed by atoms with Gasteiger partial charge in [0.1, 0.15) is 5.75 Å². The van der Waals surface area contributed by atoms with Crippen LogP contribution in [0.5, 0.6) is 11.6 Å². The monoisotopic (exact) mass is 519 g/mol. The first-order valence-corrected chi connectivity index (χ1v) is 11.3. The molecule has 1 aliphatic heterocycles. The third kappa shape index (κ3) is 5.29. The molecule has 2 heterocycles. The van der Waals surface area contributed by atoms with Gasteiger partial charge < -0.3 is 14.7 Å². The highest BCUT2D eigenvalue weighted by Crippen LogP contribution is 2.40. The second-order valence-corrected chi connectivity index (χ2v) is 9.01. The molecule has 10 heteroatoms. The van der Waals surface area contributed by atoms with E-state index in [1.807, 2.05) is 18.2 Å². The van der Waals surface area contributed by atoms with E-state index >= 15 is 0 Å². The highest BCUT2D eigenvalue weighted by Gasteiger charge is 2.21. The summed E-state index contributed by atoms with van der Waals surface area (Å²) in [7, 11) is 2.10. The molecule has 0 saturated carbocycles. The van der Waals surface area contributed by atoms with Gasteiger partial charge in [0, 0.05) is 41.1 Å². The van der Waals surface area contributed by atoms with Crippen molar-refractivity contribution in [3.8, 4) is 11.6 Å². The van der Waals surface area contributed by atoms with Gasteiger partial charge in [-0.15, -0.1) is 10.2 Å². The largest absolute Gasteiger partial charge is 0.493 e. The molecule has 3 aromatic rings. The third-order valence-corrected chi connectivity index (χ3v) is 6.09. The zero-order valence-corrected chi connectivity index (χ0v) is 19.9. The van der Waals surface area contributed by atoms with Gasteiger partial charge in [0.05, 0.1) is 12.2 Å². The van der Waals surface area contributed by atoms with Gasteiger partial charge in [0.15, 0.2) is 12.3 Å². The van der Waals surface area contributed by atoms with Crippen molar-refractivity contribution >= 4 is 50.0 Å². The van der Waals surface area contributed by atoms with Crippen LogP contribution in [0.1, 0.15) is 0 Å². The first-order chi connectivity index (χ1) is 15.4. The molecule has 1 fully saturated rings. The molecule has 0 spiro atoms. The van der Waals surface area contributed by atoms with Crippen molar-refractivity contribution in [2.45, 2.75) is 6.67 Å². The topological polar surface area (TPSA) is 82.7 Å². The number of nitrogens with zero attached hydrogens (tertiary/aromatic N) is 5. The van der Waals surface area contributed by atoms with Crippen molar-refractivity contribution < 1.29 is 14.6 Å². The van der Waals surface area contributed by atoms with Crippen LogP contribution in [-0.2, 0) is 11.5 Å². The number of aromatic nitrogens is 1. The number of amides is 1. The molecule has 8 nitrogen and oxygen atoms in total. The fraction of sp³-hybridized carbons (Fsp3) is 0.318. The molecule has 2 aromatic carbocycles. The van der Waals surface area contributed by atoms with Crippen LogP contribution in [0.25, 0.3) is 10.9 Å². The number of benzene rings is 2. The number of hydrogen-bond acceptors (Lipinski definition) is 6. The maximum absolute atomic E-state index is 12.2. The first-order valence-electron chi connectivity index (χ1n) is 10.2. The number of carbonyl (C=O) groups excluding carboxylic acids is 1. The number of azo groups is 1. The van der Waals surface area contributed by atoms with Crippen molar-refractivity contribution in [1.82, 2.24) is 14.4 Å². The van der Waals surface area contributed by atoms with E-state index in [1.165, 1.54) is 0 Å². The number of ether oxygens (including phenoxy) is 1. The highest BCUT2D eigenvalue weighted by molar-refractivity contribution is 9.10. The molecule has 0 radical (unpaired) electrons. The maximum atomic E-state index is 12.2. The number of halogens is 2. The highest BCUT2D eigenvalue weighted by atomic mass is 79.9. The summed E-state index contributed by atoms with van der Waals surface area (Å²) < 4.78 is 8.06. The van der Waals surface area contributed by atoms with Crippen LogP contribution >= 0.6 is 27.5 Å². The van der Waals surface area contributed by atoms with E-state index < -0.39 is 5.91 Å². The number of hydrogen-bond donors (Lipinski definition) is 1. The van der Waals surface area contributed by atoms with Gasteiger partial charge in [0.25, 0.3) is 0 Å². The Morgan fingerprint density at radius 1 is 1.16 bits per heavy atom. The van der Waals surface area contributed by atoms with Crippen LogP contribution in [-0.4, -0.2) is 65.2 Å². The zero-order valence-electron chi connectivity index (χ0n) is 17.5. The van der Waals surface area contributed by atoms with Crippen molar-refractivity contribution in [2.75, 3.05) is 39.8 Å². The Kier molecular flexibility index (Phi) is 7.10. The number of piperazine rings is 1. The van der Waals surface area contributed by atoms with Crippen LogP contribution in [0.3, 0.4) is 0 Å². The van der Waals surface area contributed by atoms with Gasteiger partial charge in [-0.3, -0.25) is 14.3 Å². The van der Waals surface area contributed by atoms with Gasteiger partial charge in [-0.1, -0.05) is 27.5 Å². The molecule has 32 heavy (non-hydrogen) atoms. The molecule has 0 bridgehead atoms. The lowest BCUT2D eigenvalue weighted by Gasteiger charge is -2.32. The van der Waals surface area contributed by atoms with Crippen LogP contribution < -0.4 is 4.74 Å². The molecule has 1 amide bonds. The quantitative estimate of drug-likeness (QED) is 0.478. The molecule has 168 valence electrons. The van der Waals surface area contributed by atoms with Gasteiger partial charge in [0.2, 0.25) is 5.88 Å². The maximum Gasteiger partial charge on any atom is 0.302 e. The molecule has 0 unspecified atom stereocenters. The van der Waals surface area contributed by atoms with E-state index in [0.717, 1.165) is 36.2 Å². The number of likely N-dealkylation sites (N-methyl/N-ethyl adjacent to an activating group) is 1. The average molecular weight is 521 g/mol. The predicted molar refractivity (Wildman–Crippen MR) is 127 cm³/mol. The fourth-order valence-electron chi connectivity index (χ4n) is 3.54. The normalized spacial score (nSPS) is 15.6. The van der Waals surface area contributed by atoms with E-state index in [0.29, 0.717) is 22.8 Å². The predicted octanol–water partition coefficient (Wildman–Crippen LogP) is 4.66. The summed E-state index contributed by atoms with van der Waals surface area (Å²) in [5.41, 5.74) is 1.08. The number of carbonyl (C=O) groups is 1. The standard InChI is InChI=1S/C22H23BrClN5O3/c1-27-8-10-28(11-9-27)14-29-19-7-2-15(23)12-18(19)21(22(29)31)26-25-20(30)13-32-17-5-3-16(24)4-6-17/h2-7,12,31H,8-11,13-14H2,1H3. The number of aromatic hydroxyl groups is 1. The average Bonchev–Trinajstić information content (AvgIpc) is 3.03. The zero-order chi connectivity index (χ0) is 22.7. The summed E-state index contributed by atoms with van der Waals surface area (Å²) in [6.07, 6.45) is 0. The number of rotatable bonds is 6. The molecular weight excluding hydrogens is 498 g/mol. The van der Waals surface area contributed by atoms with Crippen molar-refractivity contribution in [2.24, 2.45) is 10.2 Å². The third-order valence-electron chi connectivity index (χ3n) is 5.35. The smallest absolute Gasteiger partial charge is 0.302 e. The Balaban J connectivity index is 1.53. The van der Waals surface area contributed by atoms with E-state index in [-0.39, 0.29) is 18.2 Å². The molecule has 1 saturated heterocycles. The molecule has 0 aliphatic carbocycles. The van der Waals surface area contributed by atoms with Crippen molar-refractivity contribution in [3.63, 3.8) is 0 Å². The van der Waals surface area contributed by atoms with Crippen molar-refractivity contribution in [1.29, 1.82) is 0 Å².